The first kappa shape index (κ1) is 15.8. The Labute approximate surface area is 147 Å². The SMILES string of the molecule is O=C(CCc1ccccc1)n1cc(C2=CCNCC2)c2ncccc21. The molecule has 4 heteroatoms. The van der Waals surface area contributed by atoms with Gasteiger partial charge in [-0.1, -0.05) is 36.4 Å². The smallest absolute Gasteiger partial charge is 0.231 e. The first-order valence-corrected chi connectivity index (χ1v) is 8.76. The molecule has 0 fully saturated rings. The highest BCUT2D eigenvalue weighted by molar-refractivity contribution is 5.97. The number of rotatable bonds is 4. The van der Waals surface area contributed by atoms with Crippen molar-refractivity contribution in [3.8, 4) is 0 Å². The molecule has 3 aromatic rings. The van der Waals surface area contributed by atoms with Gasteiger partial charge in [0, 0.05) is 30.9 Å². The normalized spacial score (nSPS) is 14.5. The summed E-state index contributed by atoms with van der Waals surface area (Å²) in [6.07, 6.45) is 8.18. The largest absolute Gasteiger partial charge is 0.313 e. The second kappa shape index (κ2) is 7.03. The molecule has 25 heavy (non-hydrogen) atoms. The molecule has 0 saturated heterocycles. The lowest BCUT2D eigenvalue weighted by Crippen LogP contribution is -2.20. The van der Waals surface area contributed by atoms with E-state index < -0.39 is 0 Å². The van der Waals surface area contributed by atoms with E-state index in [-0.39, 0.29) is 5.91 Å². The number of hydrogen-bond acceptors (Lipinski definition) is 3. The molecule has 0 aliphatic carbocycles. The molecule has 1 aromatic carbocycles. The molecule has 0 radical (unpaired) electrons. The standard InChI is InChI=1S/C21H21N3O/c25-20(9-8-16-5-2-1-3-6-16)24-15-18(17-10-13-22-14-11-17)21-19(24)7-4-12-23-21/h1-7,10,12,15,22H,8-9,11,13-14H2. The summed E-state index contributed by atoms with van der Waals surface area (Å²) in [6, 6.07) is 14.0. The number of pyridine rings is 1. The first-order valence-electron chi connectivity index (χ1n) is 8.76. The van der Waals surface area contributed by atoms with Crippen molar-refractivity contribution in [2.24, 2.45) is 0 Å². The van der Waals surface area contributed by atoms with E-state index in [1.165, 1.54) is 11.1 Å². The number of fused-ring (bicyclic) bond motifs is 1. The Hall–Kier alpha value is -2.72. The van der Waals surface area contributed by atoms with Gasteiger partial charge in [-0.15, -0.1) is 0 Å². The van der Waals surface area contributed by atoms with E-state index in [0.717, 1.165) is 42.5 Å². The van der Waals surface area contributed by atoms with Crippen molar-refractivity contribution in [1.29, 1.82) is 0 Å². The number of carbonyl (C=O) groups is 1. The zero-order valence-electron chi connectivity index (χ0n) is 14.1. The highest BCUT2D eigenvalue weighted by Gasteiger charge is 2.17. The molecule has 4 rings (SSSR count). The maximum absolute atomic E-state index is 12.8. The second-order valence-corrected chi connectivity index (χ2v) is 6.35. The van der Waals surface area contributed by atoms with Crippen molar-refractivity contribution in [2.75, 3.05) is 13.1 Å². The van der Waals surface area contributed by atoms with Crippen LogP contribution in [0.1, 0.15) is 28.8 Å². The van der Waals surface area contributed by atoms with Crippen LogP contribution in [0, 0.1) is 0 Å². The summed E-state index contributed by atoms with van der Waals surface area (Å²) in [4.78, 5) is 17.4. The van der Waals surface area contributed by atoms with Crippen LogP contribution in [-0.2, 0) is 6.42 Å². The van der Waals surface area contributed by atoms with Crippen molar-refractivity contribution in [3.63, 3.8) is 0 Å². The van der Waals surface area contributed by atoms with Crippen molar-refractivity contribution in [3.05, 3.63) is 72.1 Å². The van der Waals surface area contributed by atoms with E-state index in [4.69, 9.17) is 0 Å². The fraction of sp³-hybridized carbons (Fsp3) is 0.238. The van der Waals surface area contributed by atoms with Gasteiger partial charge in [-0.2, -0.15) is 0 Å². The molecule has 1 N–H and O–H groups in total. The molecule has 126 valence electrons. The quantitative estimate of drug-likeness (QED) is 0.793. The van der Waals surface area contributed by atoms with Crippen molar-refractivity contribution < 1.29 is 4.79 Å². The van der Waals surface area contributed by atoms with Gasteiger partial charge in [0.1, 0.15) is 0 Å². The fourth-order valence-electron chi connectivity index (χ4n) is 3.38. The average Bonchev–Trinajstić information content (AvgIpc) is 3.07. The number of hydrogen-bond donors (Lipinski definition) is 1. The van der Waals surface area contributed by atoms with E-state index >= 15 is 0 Å². The molecule has 0 amide bonds. The average molecular weight is 331 g/mol. The predicted molar refractivity (Wildman–Crippen MR) is 101 cm³/mol. The van der Waals surface area contributed by atoms with E-state index in [2.05, 4.69) is 28.5 Å². The molecule has 3 heterocycles. The Morgan fingerprint density at radius 2 is 2.04 bits per heavy atom. The number of aryl methyl sites for hydroxylation is 1. The summed E-state index contributed by atoms with van der Waals surface area (Å²) in [6.45, 7) is 1.84. The third-order valence-corrected chi connectivity index (χ3v) is 4.71. The van der Waals surface area contributed by atoms with E-state index in [1.807, 2.05) is 36.5 Å². The molecular weight excluding hydrogens is 310 g/mol. The van der Waals surface area contributed by atoms with Crippen LogP contribution >= 0.6 is 0 Å². The van der Waals surface area contributed by atoms with Crippen LogP contribution in [0.2, 0.25) is 0 Å². The van der Waals surface area contributed by atoms with Crippen LogP contribution in [0.4, 0.5) is 0 Å². The maximum atomic E-state index is 12.8. The van der Waals surface area contributed by atoms with Gasteiger partial charge >= 0.3 is 0 Å². The van der Waals surface area contributed by atoms with Gasteiger partial charge in [-0.3, -0.25) is 14.3 Å². The summed E-state index contributed by atoms with van der Waals surface area (Å²) in [7, 11) is 0. The third-order valence-electron chi connectivity index (χ3n) is 4.71. The van der Waals surface area contributed by atoms with Crippen LogP contribution in [0.5, 0.6) is 0 Å². The monoisotopic (exact) mass is 331 g/mol. The minimum Gasteiger partial charge on any atom is -0.313 e. The van der Waals surface area contributed by atoms with Gasteiger partial charge in [-0.05, 0) is 42.7 Å². The topological polar surface area (TPSA) is 46.9 Å². The minimum atomic E-state index is 0.114. The fourth-order valence-corrected chi connectivity index (χ4v) is 3.38. The molecule has 0 spiro atoms. The second-order valence-electron chi connectivity index (χ2n) is 6.35. The van der Waals surface area contributed by atoms with Gasteiger partial charge in [0.05, 0.1) is 11.0 Å². The predicted octanol–water partition coefficient (Wildman–Crippen LogP) is 3.69. The Morgan fingerprint density at radius 3 is 2.84 bits per heavy atom. The molecule has 1 aliphatic heterocycles. The first-order chi connectivity index (χ1) is 12.3. The van der Waals surface area contributed by atoms with Gasteiger partial charge in [0.2, 0.25) is 5.91 Å². The van der Waals surface area contributed by atoms with Crippen molar-refractivity contribution in [2.45, 2.75) is 19.3 Å². The lowest BCUT2D eigenvalue weighted by atomic mass is 10.0. The summed E-state index contributed by atoms with van der Waals surface area (Å²) in [5.74, 6) is 0.114. The van der Waals surface area contributed by atoms with E-state index in [0.29, 0.717) is 6.42 Å². The molecule has 0 atom stereocenters. The van der Waals surface area contributed by atoms with E-state index in [9.17, 15) is 4.79 Å². The molecule has 4 nitrogen and oxygen atoms in total. The van der Waals surface area contributed by atoms with Crippen LogP contribution in [0.3, 0.4) is 0 Å². The van der Waals surface area contributed by atoms with Crippen LogP contribution in [0.25, 0.3) is 16.6 Å². The Balaban J connectivity index is 1.65. The highest BCUT2D eigenvalue weighted by Crippen LogP contribution is 2.28. The molecular formula is C21H21N3O. The van der Waals surface area contributed by atoms with Crippen LogP contribution in [0.15, 0.2) is 60.9 Å². The summed E-state index contributed by atoms with van der Waals surface area (Å²) in [5.41, 5.74) is 5.37. The maximum Gasteiger partial charge on any atom is 0.231 e. The highest BCUT2D eigenvalue weighted by atomic mass is 16.2. The summed E-state index contributed by atoms with van der Waals surface area (Å²) < 4.78 is 1.78. The molecule has 2 aromatic heterocycles. The number of nitrogens with zero attached hydrogens (tertiary/aromatic N) is 2. The van der Waals surface area contributed by atoms with Crippen LogP contribution in [-0.4, -0.2) is 28.5 Å². The zero-order chi connectivity index (χ0) is 17.1. The lowest BCUT2D eigenvalue weighted by Gasteiger charge is -2.12. The van der Waals surface area contributed by atoms with Gasteiger partial charge in [0.15, 0.2) is 0 Å². The van der Waals surface area contributed by atoms with Gasteiger partial charge in [-0.25, -0.2) is 0 Å². The molecule has 0 saturated carbocycles. The van der Waals surface area contributed by atoms with Crippen molar-refractivity contribution >= 4 is 22.5 Å². The molecule has 1 aliphatic rings. The van der Waals surface area contributed by atoms with Gasteiger partial charge in [0.25, 0.3) is 0 Å². The van der Waals surface area contributed by atoms with E-state index in [1.54, 1.807) is 10.8 Å². The number of benzene rings is 1. The number of aromatic nitrogens is 2. The number of nitrogens with one attached hydrogen (secondary N) is 1. The Morgan fingerprint density at radius 1 is 1.16 bits per heavy atom. The zero-order valence-corrected chi connectivity index (χ0v) is 14.1. The third kappa shape index (κ3) is 3.26. The number of carbonyl (C=O) groups excluding carboxylic acids is 1. The molecule has 0 bridgehead atoms. The Kier molecular flexibility index (Phi) is 4.44. The minimum absolute atomic E-state index is 0.114. The molecule has 0 unspecified atom stereocenters. The summed E-state index contributed by atoms with van der Waals surface area (Å²) in [5, 5.41) is 3.33. The van der Waals surface area contributed by atoms with Crippen molar-refractivity contribution in [1.82, 2.24) is 14.9 Å². The summed E-state index contributed by atoms with van der Waals surface area (Å²) >= 11 is 0. The van der Waals surface area contributed by atoms with Gasteiger partial charge < -0.3 is 5.32 Å². The van der Waals surface area contributed by atoms with Crippen LogP contribution < -0.4 is 5.32 Å². The lowest BCUT2D eigenvalue weighted by molar-refractivity contribution is 0.0908. The Bertz CT molecular complexity index is 925.